The Labute approximate surface area is 145 Å². The molecule has 3 N–H and O–H groups in total. The lowest BCUT2D eigenvalue weighted by atomic mass is 9.98. The van der Waals surface area contributed by atoms with Crippen LogP contribution in [0.15, 0.2) is 48.5 Å². The first-order chi connectivity index (χ1) is 12.1. The highest BCUT2D eigenvalue weighted by Gasteiger charge is 2.28. The molecule has 1 saturated heterocycles. The smallest absolute Gasteiger partial charge is 0.404 e. The van der Waals surface area contributed by atoms with E-state index >= 15 is 0 Å². The molecule has 1 heterocycles. The first-order valence-corrected chi connectivity index (χ1v) is 7.99. The maximum atomic E-state index is 10.8. The number of hydrogen-bond acceptors (Lipinski definition) is 4. The van der Waals surface area contributed by atoms with Gasteiger partial charge in [0.1, 0.15) is 6.61 Å². The lowest BCUT2D eigenvalue weighted by molar-refractivity contribution is -0.124. The second-order valence-corrected chi connectivity index (χ2v) is 5.83. The fourth-order valence-corrected chi connectivity index (χ4v) is 3.11. The third kappa shape index (κ3) is 3.68. The van der Waals surface area contributed by atoms with Gasteiger partial charge in [-0.05, 0) is 22.3 Å². The molecule has 4 rings (SSSR count). The van der Waals surface area contributed by atoms with Gasteiger partial charge in [0.05, 0.1) is 0 Å². The zero-order chi connectivity index (χ0) is 17.8. The molecule has 1 fully saturated rings. The molecule has 0 aromatic heterocycles. The van der Waals surface area contributed by atoms with Crippen molar-refractivity contribution in [1.29, 1.82) is 0 Å². The number of nitrogens with two attached hydrogens (primary N) is 1. The van der Waals surface area contributed by atoms with Crippen LogP contribution in [0.3, 0.4) is 0 Å². The second-order valence-electron chi connectivity index (χ2n) is 5.83. The van der Waals surface area contributed by atoms with E-state index in [1.807, 2.05) is 24.3 Å². The number of rotatable bonds is 2. The summed E-state index contributed by atoms with van der Waals surface area (Å²) in [4.78, 5) is 31.0. The largest absolute Gasteiger partial charge is 0.449 e. The monoisotopic (exact) mass is 338 g/mol. The van der Waals surface area contributed by atoms with Crippen LogP contribution in [-0.4, -0.2) is 24.5 Å². The van der Waals surface area contributed by atoms with Crippen LogP contribution in [0.2, 0.25) is 0 Å². The van der Waals surface area contributed by atoms with Crippen LogP contribution in [0, 0.1) is 0 Å². The first kappa shape index (κ1) is 16.7. The number of nitrogens with one attached hydrogen (secondary N) is 1. The van der Waals surface area contributed by atoms with Gasteiger partial charge in [0.25, 0.3) is 0 Å². The van der Waals surface area contributed by atoms with Crippen molar-refractivity contribution in [3.63, 3.8) is 0 Å². The van der Waals surface area contributed by atoms with Crippen LogP contribution >= 0.6 is 0 Å². The van der Waals surface area contributed by atoms with Gasteiger partial charge in [-0.15, -0.1) is 0 Å². The third-order valence-electron chi connectivity index (χ3n) is 4.21. The lowest BCUT2D eigenvalue weighted by Crippen LogP contribution is -2.18. The van der Waals surface area contributed by atoms with Crippen LogP contribution in [-0.2, 0) is 14.3 Å². The Bertz CT molecular complexity index is 772. The van der Waals surface area contributed by atoms with E-state index in [-0.39, 0.29) is 17.7 Å². The average Bonchev–Trinajstić information content (AvgIpc) is 3.14. The number of ether oxygens (including phenoxy) is 1. The highest BCUT2D eigenvalue weighted by atomic mass is 16.5. The number of carbonyl (C=O) groups excluding carboxylic acids is 3. The van der Waals surface area contributed by atoms with Crippen LogP contribution in [0.5, 0.6) is 0 Å². The van der Waals surface area contributed by atoms with Gasteiger partial charge in [-0.1, -0.05) is 48.5 Å². The van der Waals surface area contributed by atoms with E-state index in [1.165, 1.54) is 22.3 Å². The number of fused-ring (bicyclic) bond motifs is 3. The molecule has 6 heteroatoms. The second kappa shape index (κ2) is 7.17. The van der Waals surface area contributed by atoms with Crippen LogP contribution in [0.1, 0.15) is 29.9 Å². The normalized spacial score (nSPS) is 14.9. The Morgan fingerprint density at radius 3 is 1.84 bits per heavy atom. The van der Waals surface area contributed by atoms with Crippen molar-refractivity contribution in [2.45, 2.75) is 18.8 Å². The summed E-state index contributed by atoms with van der Waals surface area (Å²) in [6, 6.07) is 16.4. The van der Waals surface area contributed by atoms with Gasteiger partial charge >= 0.3 is 6.09 Å². The lowest BCUT2D eigenvalue weighted by Gasteiger charge is -2.12. The molecule has 128 valence electrons. The molecular formula is C19H18N2O4. The Morgan fingerprint density at radius 1 is 0.960 bits per heavy atom. The van der Waals surface area contributed by atoms with Gasteiger partial charge in [-0.25, -0.2) is 4.79 Å². The molecule has 0 unspecified atom stereocenters. The summed E-state index contributed by atoms with van der Waals surface area (Å²) in [6.45, 7) is 0.295. The molecule has 0 bridgehead atoms. The molecule has 1 aliphatic carbocycles. The highest BCUT2D eigenvalue weighted by molar-refractivity contribution is 6.01. The predicted octanol–water partition coefficient (Wildman–Crippen LogP) is 2.32. The van der Waals surface area contributed by atoms with Crippen molar-refractivity contribution in [1.82, 2.24) is 5.32 Å². The Balaban J connectivity index is 0.000000219. The van der Waals surface area contributed by atoms with Crippen LogP contribution in [0.4, 0.5) is 4.79 Å². The first-order valence-electron chi connectivity index (χ1n) is 7.99. The minimum Gasteiger partial charge on any atom is -0.449 e. The number of hydrogen-bond donors (Lipinski definition) is 2. The summed E-state index contributed by atoms with van der Waals surface area (Å²) < 4.78 is 4.98. The maximum Gasteiger partial charge on any atom is 0.404 e. The van der Waals surface area contributed by atoms with E-state index in [2.05, 4.69) is 29.6 Å². The summed E-state index contributed by atoms with van der Waals surface area (Å²) in [5, 5.41) is 2.14. The molecule has 25 heavy (non-hydrogen) atoms. The zero-order valence-corrected chi connectivity index (χ0v) is 13.5. The highest BCUT2D eigenvalue weighted by Crippen LogP contribution is 2.44. The standard InChI is InChI=1S/C15H13NO2.C4H5NO2/c16-15(17)18-9-14-12-7-3-1-5-10(12)11-6-2-4-8-13(11)14;6-3-1-2-4(7)5-3/h1-8,14H,9H2,(H2,16,17);1-2H2,(H,5,6,7). The summed E-state index contributed by atoms with van der Waals surface area (Å²) >= 11 is 0. The van der Waals surface area contributed by atoms with Gasteiger partial charge in [-0.3, -0.25) is 14.9 Å². The zero-order valence-electron chi connectivity index (χ0n) is 13.5. The summed E-state index contributed by atoms with van der Waals surface area (Å²) in [5.74, 6) is -0.208. The van der Waals surface area contributed by atoms with Gasteiger partial charge < -0.3 is 10.5 Å². The van der Waals surface area contributed by atoms with Crippen molar-refractivity contribution >= 4 is 17.9 Å². The van der Waals surface area contributed by atoms with E-state index in [0.29, 0.717) is 19.4 Å². The number of primary amides is 1. The minimum absolute atomic E-state index is 0.0879. The third-order valence-corrected chi connectivity index (χ3v) is 4.21. The number of benzene rings is 2. The quantitative estimate of drug-likeness (QED) is 0.821. The van der Waals surface area contributed by atoms with E-state index < -0.39 is 6.09 Å². The van der Waals surface area contributed by atoms with Gasteiger partial charge in [0, 0.05) is 18.8 Å². The Morgan fingerprint density at radius 2 is 1.44 bits per heavy atom. The van der Waals surface area contributed by atoms with Gasteiger partial charge in [0.2, 0.25) is 11.8 Å². The Kier molecular flexibility index (Phi) is 4.79. The van der Waals surface area contributed by atoms with E-state index in [4.69, 9.17) is 10.5 Å². The summed E-state index contributed by atoms with van der Waals surface area (Å²) in [6.07, 6.45) is 0.0226. The molecular weight excluding hydrogens is 320 g/mol. The molecule has 6 nitrogen and oxygen atoms in total. The predicted molar refractivity (Wildman–Crippen MR) is 91.6 cm³/mol. The van der Waals surface area contributed by atoms with E-state index in [0.717, 1.165) is 0 Å². The van der Waals surface area contributed by atoms with Crippen LogP contribution in [0.25, 0.3) is 11.1 Å². The molecule has 2 aromatic carbocycles. The summed E-state index contributed by atoms with van der Waals surface area (Å²) in [5.41, 5.74) is 9.87. The molecule has 1 aliphatic heterocycles. The molecule has 0 radical (unpaired) electrons. The van der Waals surface area contributed by atoms with Crippen molar-refractivity contribution in [3.8, 4) is 11.1 Å². The van der Waals surface area contributed by atoms with Crippen molar-refractivity contribution in [2.24, 2.45) is 5.73 Å². The number of carbonyl (C=O) groups is 3. The number of amides is 3. The maximum absolute atomic E-state index is 10.8. The fourth-order valence-electron chi connectivity index (χ4n) is 3.11. The molecule has 2 aliphatic rings. The van der Waals surface area contributed by atoms with Crippen molar-refractivity contribution in [3.05, 3.63) is 59.7 Å². The topological polar surface area (TPSA) is 98.5 Å². The van der Waals surface area contributed by atoms with Crippen molar-refractivity contribution < 1.29 is 19.1 Å². The molecule has 0 spiro atoms. The van der Waals surface area contributed by atoms with E-state index in [9.17, 15) is 14.4 Å². The average molecular weight is 338 g/mol. The minimum atomic E-state index is -0.725. The van der Waals surface area contributed by atoms with Crippen LogP contribution < -0.4 is 11.1 Å². The number of imide groups is 1. The van der Waals surface area contributed by atoms with Gasteiger partial charge in [-0.2, -0.15) is 0 Å². The molecule has 2 aromatic rings. The summed E-state index contributed by atoms with van der Waals surface area (Å²) in [7, 11) is 0. The van der Waals surface area contributed by atoms with E-state index in [1.54, 1.807) is 0 Å². The molecule has 0 atom stereocenters. The SMILES string of the molecule is NC(=O)OCC1c2ccccc2-c2ccccc21.O=C1CCC(=O)N1. The molecule has 3 amide bonds. The fraction of sp³-hybridized carbons (Fsp3) is 0.211. The van der Waals surface area contributed by atoms with Gasteiger partial charge in [0.15, 0.2) is 0 Å². The molecule has 0 saturated carbocycles. The Hall–Kier alpha value is -3.15. The van der Waals surface area contributed by atoms with Crippen molar-refractivity contribution in [2.75, 3.05) is 6.61 Å².